The van der Waals surface area contributed by atoms with Crippen molar-refractivity contribution in [1.82, 2.24) is 0 Å². The van der Waals surface area contributed by atoms with E-state index in [0.717, 1.165) is 50.2 Å². The fraction of sp³-hybridized carbons (Fsp3) is 0.412. The van der Waals surface area contributed by atoms with Crippen LogP contribution in [0.4, 0.5) is 0 Å². The van der Waals surface area contributed by atoms with Gasteiger partial charge in [-0.2, -0.15) is 0 Å². The number of carboxylic acid groups (broad SMARTS) is 1. The molecule has 4 nitrogen and oxygen atoms in total. The molecule has 2 aromatic rings. The topological polar surface area (TPSA) is 67.5 Å². The fourth-order valence-electron chi connectivity index (χ4n) is 3.23. The van der Waals surface area contributed by atoms with Crippen LogP contribution in [-0.2, 0) is 19.3 Å². The number of carboxylic acids is 1. The number of hydrogen-bond donors (Lipinski definition) is 1. The molecule has 0 fully saturated rings. The first-order chi connectivity index (χ1) is 10.1. The Bertz CT molecular complexity index is 782. The van der Waals surface area contributed by atoms with E-state index >= 15 is 0 Å². The number of hydrogen-bond acceptors (Lipinski definition) is 3. The summed E-state index contributed by atoms with van der Waals surface area (Å²) in [6.07, 6.45) is 6.00. The molecular weight excluding hydrogens is 291 g/mol. The summed E-state index contributed by atoms with van der Waals surface area (Å²) in [6.45, 7) is 2.08. The fourth-order valence-corrected chi connectivity index (χ4v) is 3.23. The summed E-state index contributed by atoms with van der Waals surface area (Å²) in [4.78, 5) is 23.3. The van der Waals surface area contributed by atoms with Crippen LogP contribution in [0.5, 0.6) is 0 Å². The molecule has 0 radical (unpaired) electrons. The minimum atomic E-state index is -1.20. The van der Waals surface area contributed by atoms with Crippen LogP contribution in [0.25, 0.3) is 11.0 Å². The first kappa shape index (κ1) is 17.3. The SMILES string of the molecule is CCCc1c2c(cc3c(=O)cc(C(=O)O)oc13)CCCC2.[H-].[Na+]. The van der Waals surface area contributed by atoms with E-state index in [1.165, 1.54) is 11.1 Å². The standard InChI is InChI=1S/C17H18O4.Na.H/c1-2-5-12-11-7-4-3-6-10(11)8-13-14(18)9-15(17(19)20)21-16(12)13;;/h8-9H,2-7H2,1H3,(H,19,20);;/q;+1;-1. The van der Waals surface area contributed by atoms with Gasteiger partial charge in [0, 0.05) is 6.07 Å². The first-order valence-corrected chi connectivity index (χ1v) is 7.46. The van der Waals surface area contributed by atoms with Crippen molar-refractivity contribution < 1.29 is 45.3 Å². The maximum absolute atomic E-state index is 12.2. The predicted octanol–water partition coefficient (Wildman–Crippen LogP) is 0.439. The number of rotatable bonds is 3. The minimum absolute atomic E-state index is 0. The number of benzene rings is 1. The van der Waals surface area contributed by atoms with Gasteiger partial charge in [-0.25, -0.2) is 4.79 Å². The molecule has 0 aliphatic heterocycles. The molecule has 112 valence electrons. The number of aryl methyl sites for hydroxylation is 2. The van der Waals surface area contributed by atoms with Crippen LogP contribution in [0, 0.1) is 0 Å². The summed E-state index contributed by atoms with van der Waals surface area (Å²) in [7, 11) is 0. The third-order valence-corrected chi connectivity index (χ3v) is 4.16. The summed E-state index contributed by atoms with van der Waals surface area (Å²) in [5, 5.41) is 9.61. The van der Waals surface area contributed by atoms with E-state index in [1.54, 1.807) is 0 Å². The summed E-state index contributed by atoms with van der Waals surface area (Å²) in [5.41, 5.74) is 3.74. The molecule has 1 heterocycles. The second-order valence-electron chi connectivity index (χ2n) is 5.61. The average Bonchev–Trinajstić information content (AvgIpc) is 2.47. The van der Waals surface area contributed by atoms with Crippen LogP contribution in [0.1, 0.15) is 54.9 Å². The van der Waals surface area contributed by atoms with Gasteiger partial charge in [-0.15, -0.1) is 0 Å². The van der Waals surface area contributed by atoms with E-state index in [1.807, 2.05) is 6.07 Å². The van der Waals surface area contributed by atoms with Crippen molar-refractivity contribution in [2.24, 2.45) is 0 Å². The van der Waals surface area contributed by atoms with E-state index < -0.39 is 5.97 Å². The van der Waals surface area contributed by atoms with Crippen LogP contribution in [0.3, 0.4) is 0 Å². The van der Waals surface area contributed by atoms with Crippen LogP contribution < -0.4 is 35.0 Å². The van der Waals surface area contributed by atoms with Crippen molar-refractivity contribution in [3.05, 3.63) is 44.8 Å². The first-order valence-electron chi connectivity index (χ1n) is 7.46. The Morgan fingerprint density at radius 1 is 1.32 bits per heavy atom. The van der Waals surface area contributed by atoms with Crippen LogP contribution in [-0.4, -0.2) is 11.1 Å². The van der Waals surface area contributed by atoms with Crippen LogP contribution in [0.2, 0.25) is 0 Å². The Labute approximate surface area is 152 Å². The maximum atomic E-state index is 12.2. The molecule has 5 heteroatoms. The van der Waals surface area contributed by atoms with E-state index in [-0.39, 0.29) is 42.2 Å². The third-order valence-electron chi connectivity index (χ3n) is 4.16. The Morgan fingerprint density at radius 2 is 2.05 bits per heavy atom. The molecule has 0 atom stereocenters. The van der Waals surface area contributed by atoms with Crippen molar-refractivity contribution in [2.75, 3.05) is 0 Å². The van der Waals surface area contributed by atoms with Gasteiger partial charge in [0.1, 0.15) is 5.58 Å². The van der Waals surface area contributed by atoms with Gasteiger partial charge >= 0.3 is 35.5 Å². The Hall–Kier alpha value is -1.10. The molecule has 1 aromatic carbocycles. The molecule has 0 bridgehead atoms. The zero-order valence-corrected chi connectivity index (χ0v) is 15.1. The van der Waals surface area contributed by atoms with Crippen LogP contribution >= 0.6 is 0 Å². The van der Waals surface area contributed by atoms with Gasteiger partial charge in [0.15, 0.2) is 5.43 Å². The smallest absolute Gasteiger partial charge is 1.00 e. The summed E-state index contributed by atoms with van der Waals surface area (Å²) in [5.74, 6) is -1.48. The van der Waals surface area contributed by atoms with Gasteiger partial charge in [-0.05, 0) is 54.9 Å². The molecule has 0 amide bonds. The molecule has 1 aliphatic rings. The Morgan fingerprint density at radius 3 is 2.73 bits per heavy atom. The molecule has 0 unspecified atom stereocenters. The van der Waals surface area contributed by atoms with Gasteiger partial charge in [0.2, 0.25) is 5.76 Å². The Balaban J connectivity index is 0.00000132. The maximum Gasteiger partial charge on any atom is 1.00 e. The molecule has 3 rings (SSSR count). The minimum Gasteiger partial charge on any atom is -1.00 e. The monoisotopic (exact) mass is 310 g/mol. The predicted molar refractivity (Wildman–Crippen MR) is 81.2 cm³/mol. The molecular formula is C17H19NaO4. The number of fused-ring (bicyclic) bond motifs is 2. The third kappa shape index (κ3) is 3.00. The number of aromatic carboxylic acids is 1. The zero-order chi connectivity index (χ0) is 15.0. The van der Waals surface area contributed by atoms with Crippen molar-refractivity contribution in [1.29, 1.82) is 0 Å². The van der Waals surface area contributed by atoms with Gasteiger partial charge in [-0.3, -0.25) is 4.79 Å². The second-order valence-corrected chi connectivity index (χ2v) is 5.61. The normalized spacial score (nSPS) is 13.5. The summed E-state index contributed by atoms with van der Waals surface area (Å²) >= 11 is 0. The van der Waals surface area contributed by atoms with Crippen molar-refractivity contribution >= 4 is 16.9 Å². The van der Waals surface area contributed by atoms with E-state index in [0.29, 0.717) is 11.0 Å². The van der Waals surface area contributed by atoms with Gasteiger partial charge in [0.05, 0.1) is 5.39 Å². The molecule has 0 saturated heterocycles. The molecule has 0 saturated carbocycles. The van der Waals surface area contributed by atoms with Crippen LogP contribution in [0.15, 0.2) is 21.3 Å². The van der Waals surface area contributed by atoms with Gasteiger partial charge in [-0.1, -0.05) is 13.3 Å². The average molecular weight is 310 g/mol. The van der Waals surface area contributed by atoms with Crippen molar-refractivity contribution in [2.45, 2.75) is 45.4 Å². The molecule has 22 heavy (non-hydrogen) atoms. The summed E-state index contributed by atoms with van der Waals surface area (Å²) < 4.78 is 5.55. The van der Waals surface area contributed by atoms with E-state index in [2.05, 4.69) is 6.92 Å². The second kappa shape index (κ2) is 6.99. The largest absolute Gasteiger partial charge is 1.00 e. The molecule has 1 N–H and O–H groups in total. The van der Waals surface area contributed by atoms with Gasteiger partial charge < -0.3 is 11.0 Å². The Kier molecular flexibility index (Phi) is 5.48. The molecule has 1 aliphatic carbocycles. The summed E-state index contributed by atoms with van der Waals surface area (Å²) in [6, 6.07) is 2.98. The quantitative estimate of drug-likeness (QED) is 0.835. The number of carbonyl (C=O) groups is 1. The zero-order valence-electron chi connectivity index (χ0n) is 14.1. The van der Waals surface area contributed by atoms with Gasteiger partial charge in [0.25, 0.3) is 0 Å². The van der Waals surface area contributed by atoms with Crippen molar-refractivity contribution in [3.63, 3.8) is 0 Å². The molecule has 1 aromatic heterocycles. The van der Waals surface area contributed by atoms with E-state index in [9.17, 15) is 9.59 Å². The van der Waals surface area contributed by atoms with Crippen molar-refractivity contribution in [3.8, 4) is 0 Å². The van der Waals surface area contributed by atoms with E-state index in [4.69, 9.17) is 9.52 Å². The molecule has 0 spiro atoms.